The van der Waals surface area contributed by atoms with Crippen LogP contribution in [0, 0.1) is 13.8 Å². The second-order valence-electron chi connectivity index (χ2n) is 3.09. The summed E-state index contributed by atoms with van der Waals surface area (Å²) in [5, 5.41) is 9.33. The lowest BCUT2D eigenvalue weighted by Gasteiger charge is -1.96. The van der Waals surface area contributed by atoms with Gasteiger partial charge in [0.05, 0.1) is 5.39 Å². The predicted octanol–water partition coefficient (Wildman–Crippen LogP) is -4.99. The van der Waals surface area contributed by atoms with E-state index in [-0.39, 0.29) is 24.8 Å². The highest BCUT2D eigenvalue weighted by molar-refractivity contribution is 5.86. The van der Waals surface area contributed by atoms with Crippen LogP contribution in [0.1, 0.15) is 11.4 Å². The molecule has 3 nitrogen and oxygen atoms in total. The second-order valence-corrected chi connectivity index (χ2v) is 3.09. The second kappa shape index (κ2) is 4.62. The van der Waals surface area contributed by atoms with Gasteiger partial charge in [-0.2, -0.15) is 0 Å². The smallest absolute Gasteiger partial charge is 0.203 e. The maximum absolute atomic E-state index is 3.99. The average molecular weight is 233 g/mol. The maximum Gasteiger partial charge on any atom is 0.203 e. The first-order valence-electron chi connectivity index (χ1n) is 3.99. The molecule has 0 bridgehead atoms. The molecule has 0 saturated heterocycles. The summed E-state index contributed by atoms with van der Waals surface area (Å²) >= 11 is 0. The first-order valence-corrected chi connectivity index (χ1v) is 3.99. The molecular weight excluding hydrogens is 221 g/mol. The Labute approximate surface area is 95.3 Å². The van der Waals surface area contributed by atoms with Crippen LogP contribution in [0.25, 0.3) is 10.8 Å². The lowest BCUT2D eigenvalue weighted by molar-refractivity contribution is -0.453. The van der Waals surface area contributed by atoms with Gasteiger partial charge in [0, 0.05) is 23.8 Å². The van der Waals surface area contributed by atoms with Crippen molar-refractivity contribution in [3.05, 3.63) is 23.8 Å². The Morgan fingerprint density at radius 3 is 2.29 bits per heavy atom. The molecule has 78 valence electrons. The van der Waals surface area contributed by atoms with E-state index in [2.05, 4.69) is 35.7 Å². The molecular formula is C9H12Cl2N3-. The van der Waals surface area contributed by atoms with Crippen LogP contribution in [0.15, 0.2) is 12.4 Å². The van der Waals surface area contributed by atoms with E-state index in [1.807, 2.05) is 12.4 Å². The maximum atomic E-state index is 3.99. The minimum absolute atomic E-state index is 0. The number of hydrogen-bond donors (Lipinski definition) is 0. The lowest BCUT2D eigenvalue weighted by Crippen LogP contribution is -3.00. The van der Waals surface area contributed by atoms with Crippen molar-refractivity contribution in [2.75, 3.05) is 0 Å². The molecule has 0 aromatic carbocycles. The van der Waals surface area contributed by atoms with Crippen LogP contribution in [0.4, 0.5) is 0 Å². The summed E-state index contributed by atoms with van der Waals surface area (Å²) in [6, 6.07) is 0. The van der Waals surface area contributed by atoms with E-state index >= 15 is 0 Å². The molecule has 0 spiro atoms. The first kappa shape index (κ1) is 13.2. The van der Waals surface area contributed by atoms with Crippen molar-refractivity contribution in [2.24, 2.45) is 7.05 Å². The summed E-state index contributed by atoms with van der Waals surface area (Å²) in [6.45, 7) is 4.22. The molecule has 14 heavy (non-hydrogen) atoms. The molecule has 0 fully saturated rings. The van der Waals surface area contributed by atoms with E-state index in [9.17, 15) is 0 Å². The van der Waals surface area contributed by atoms with Gasteiger partial charge in [-0.3, -0.25) is 0 Å². The molecule has 5 heteroatoms. The van der Waals surface area contributed by atoms with Crippen molar-refractivity contribution in [3.8, 4) is 0 Å². The van der Waals surface area contributed by atoms with Crippen LogP contribution in [0.5, 0.6) is 0 Å². The highest BCUT2D eigenvalue weighted by Crippen LogP contribution is 2.21. The van der Waals surface area contributed by atoms with Crippen LogP contribution < -0.4 is 29.9 Å². The molecule has 0 saturated carbocycles. The Kier molecular flexibility index (Phi) is 4.36. The van der Waals surface area contributed by atoms with E-state index in [0.717, 1.165) is 0 Å². The summed E-state index contributed by atoms with van der Waals surface area (Å²) in [7, 11) is 2.07. The van der Waals surface area contributed by atoms with Crippen LogP contribution in [-0.2, 0) is 7.05 Å². The summed E-state index contributed by atoms with van der Waals surface area (Å²) in [6.07, 6.45) is 3.81. The molecule has 0 aliphatic rings. The Hall–Kier alpha value is -0.800. The van der Waals surface area contributed by atoms with E-state index in [0.29, 0.717) is 0 Å². The van der Waals surface area contributed by atoms with E-state index in [1.165, 1.54) is 22.2 Å². The molecule has 2 rings (SSSR count). The third-order valence-corrected chi connectivity index (χ3v) is 2.55. The summed E-state index contributed by atoms with van der Waals surface area (Å²) in [5.41, 5.74) is 2.55. The van der Waals surface area contributed by atoms with Crippen molar-refractivity contribution in [3.63, 3.8) is 0 Å². The summed E-state index contributed by atoms with van der Waals surface area (Å²) in [5.74, 6) is 0. The molecule has 0 aliphatic heterocycles. The van der Waals surface area contributed by atoms with Crippen molar-refractivity contribution in [2.45, 2.75) is 13.8 Å². The quantitative estimate of drug-likeness (QED) is 0.448. The zero-order chi connectivity index (χ0) is 8.72. The van der Waals surface area contributed by atoms with Gasteiger partial charge in [-0.05, 0) is 18.9 Å². The van der Waals surface area contributed by atoms with Gasteiger partial charge in [0.15, 0.2) is 0 Å². The van der Waals surface area contributed by atoms with Gasteiger partial charge >= 0.3 is 0 Å². The molecule has 1 N–H and O–H groups in total. The lowest BCUT2D eigenvalue weighted by atomic mass is 10.2. The van der Waals surface area contributed by atoms with Gasteiger partial charge in [0.1, 0.15) is 6.20 Å². The van der Waals surface area contributed by atoms with Gasteiger partial charge in [-0.25, -0.2) is 0 Å². The SMILES string of the molecule is Cc1c2cn[nH+]cc2c(C)n1C.[Cl-].[Cl-]. The third-order valence-electron chi connectivity index (χ3n) is 2.55. The zero-order valence-electron chi connectivity index (χ0n) is 8.31. The number of nitrogens with one attached hydrogen (secondary N) is 1. The number of aromatic amines is 1. The standard InChI is InChI=1S/C9H11N3.2ClH/c1-6-8-4-10-11-5-9(8)7(2)12(6)3;;/h4-5H,1-3H3;2*1H/p-1. The number of H-pyrrole nitrogens is 1. The number of halogens is 2. The van der Waals surface area contributed by atoms with Gasteiger partial charge < -0.3 is 29.4 Å². The third kappa shape index (κ3) is 1.70. The Morgan fingerprint density at radius 2 is 1.71 bits per heavy atom. The molecule has 2 aromatic heterocycles. The van der Waals surface area contributed by atoms with Crippen LogP contribution in [0.2, 0.25) is 0 Å². The van der Waals surface area contributed by atoms with Crippen molar-refractivity contribution >= 4 is 10.8 Å². The van der Waals surface area contributed by atoms with Crippen molar-refractivity contribution in [1.82, 2.24) is 9.67 Å². The number of aryl methyl sites for hydroxylation is 2. The Balaban J connectivity index is 0.000000845. The number of aromatic nitrogens is 3. The fourth-order valence-electron chi connectivity index (χ4n) is 1.55. The van der Waals surface area contributed by atoms with Crippen molar-refractivity contribution < 1.29 is 29.9 Å². The number of rotatable bonds is 0. The van der Waals surface area contributed by atoms with Crippen molar-refractivity contribution in [1.29, 1.82) is 0 Å². The van der Waals surface area contributed by atoms with E-state index in [4.69, 9.17) is 0 Å². The minimum Gasteiger partial charge on any atom is -1.00 e. The molecule has 0 unspecified atom stereocenters. The van der Waals surface area contributed by atoms with Gasteiger partial charge in [-0.15, -0.1) is 5.10 Å². The number of hydrogen-bond acceptors (Lipinski definition) is 1. The van der Waals surface area contributed by atoms with Gasteiger partial charge in [-0.1, -0.05) is 0 Å². The predicted molar refractivity (Wildman–Crippen MR) is 46.7 cm³/mol. The monoisotopic (exact) mass is 232 g/mol. The van der Waals surface area contributed by atoms with Gasteiger partial charge in [0.25, 0.3) is 0 Å². The highest BCUT2D eigenvalue weighted by Gasteiger charge is 2.09. The Morgan fingerprint density at radius 1 is 1.14 bits per heavy atom. The summed E-state index contributed by atoms with van der Waals surface area (Å²) in [4.78, 5) is 0. The number of fused-ring (bicyclic) bond motifs is 1. The normalized spacial score (nSPS) is 9.36. The fourth-order valence-corrected chi connectivity index (χ4v) is 1.55. The fraction of sp³-hybridized carbons (Fsp3) is 0.333. The average Bonchev–Trinajstić information content (AvgIpc) is 2.33. The number of nitrogens with zero attached hydrogens (tertiary/aromatic N) is 2. The topological polar surface area (TPSA) is 32.0 Å². The molecule has 0 amide bonds. The molecule has 2 aromatic rings. The van der Waals surface area contributed by atoms with Crippen LogP contribution >= 0.6 is 0 Å². The highest BCUT2D eigenvalue weighted by atomic mass is 35.5. The zero-order valence-corrected chi connectivity index (χ0v) is 9.82. The minimum atomic E-state index is 0. The summed E-state index contributed by atoms with van der Waals surface area (Å²) < 4.78 is 2.18. The molecule has 0 radical (unpaired) electrons. The van der Waals surface area contributed by atoms with Crippen LogP contribution in [0.3, 0.4) is 0 Å². The van der Waals surface area contributed by atoms with E-state index in [1.54, 1.807) is 0 Å². The molecule has 2 heterocycles. The molecule has 0 atom stereocenters. The first-order chi connectivity index (χ1) is 5.72. The van der Waals surface area contributed by atoms with Gasteiger partial charge in [0.2, 0.25) is 6.20 Å². The Bertz CT molecular complexity index is 398. The van der Waals surface area contributed by atoms with E-state index < -0.39 is 0 Å². The largest absolute Gasteiger partial charge is 1.00 e. The van der Waals surface area contributed by atoms with Crippen LogP contribution in [-0.4, -0.2) is 9.67 Å². The molecule has 0 aliphatic carbocycles.